The lowest BCUT2D eigenvalue weighted by molar-refractivity contribution is 0.152. The molecule has 1 rings (SSSR count). The Kier molecular flexibility index (Phi) is 5.80. The molecule has 0 aliphatic carbocycles. The minimum absolute atomic E-state index is 0.352. The lowest BCUT2D eigenvalue weighted by Gasteiger charge is -2.05. The van der Waals surface area contributed by atoms with E-state index in [2.05, 4.69) is 22.1 Å². The van der Waals surface area contributed by atoms with E-state index in [4.69, 9.17) is 4.74 Å². The largest absolute Gasteiger partial charge is 0.450 e. The van der Waals surface area contributed by atoms with Gasteiger partial charge in [0.1, 0.15) is 0 Å². The molecule has 0 radical (unpaired) electrons. The molecule has 0 spiro atoms. The number of hydrogen-bond donors (Lipinski definition) is 2. The van der Waals surface area contributed by atoms with Gasteiger partial charge >= 0.3 is 6.09 Å². The molecule has 0 saturated heterocycles. The Balaban J connectivity index is 1.95. The normalized spacial score (nSPS) is 9.93. The summed E-state index contributed by atoms with van der Waals surface area (Å²) >= 11 is 1.69. The van der Waals surface area contributed by atoms with Crippen molar-refractivity contribution in [3.8, 4) is 0 Å². The SMILES string of the molecule is CCOC(=O)NCCNCc1ccsc1. The molecule has 4 nitrogen and oxygen atoms in total. The molecule has 1 aromatic heterocycles. The highest BCUT2D eigenvalue weighted by Gasteiger charge is 1.97. The van der Waals surface area contributed by atoms with E-state index >= 15 is 0 Å². The minimum atomic E-state index is -0.352. The minimum Gasteiger partial charge on any atom is -0.450 e. The van der Waals surface area contributed by atoms with Gasteiger partial charge < -0.3 is 15.4 Å². The van der Waals surface area contributed by atoms with Gasteiger partial charge in [-0.25, -0.2) is 4.79 Å². The van der Waals surface area contributed by atoms with Crippen molar-refractivity contribution >= 4 is 17.4 Å². The van der Waals surface area contributed by atoms with Crippen molar-refractivity contribution in [2.24, 2.45) is 0 Å². The third kappa shape index (κ3) is 5.39. The molecule has 1 aromatic rings. The van der Waals surface area contributed by atoms with Crippen molar-refractivity contribution in [2.45, 2.75) is 13.5 Å². The summed E-state index contributed by atoms with van der Waals surface area (Å²) in [4.78, 5) is 10.9. The summed E-state index contributed by atoms with van der Waals surface area (Å²) in [6.07, 6.45) is -0.352. The molecule has 1 amide bonds. The van der Waals surface area contributed by atoms with Crippen LogP contribution >= 0.6 is 11.3 Å². The predicted molar refractivity (Wildman–Crippen MR) is 61.1 cm³/mol. The van der Waals surface area contributed by atoms with Gasteiger partial charge in [0, 0.05) is 19.6 Å². The van der Waals surface area contributed by atoms with Gasteiger partial charge in [0.15, 0.2) is 0 Å². The molecule has 0 aliphatic heterocycles. The van der Waals surface area contributed by atoms with Crippen molar-refractivity contribution in [1.29, 1.82) is 0 Å². The fourth-order valence-electron chi connectivity index (χ4n) is 1.06. The van der Waals surface area contributed by atoms with Crippen molar-refractivity contribution in [2.75, 3.05) is 19.7 Å². The Bertz CT molecular complexity index is 275. The van der Waals surface area contributed by atoms with E-state index in [0.29, 0.717) is 13.2 Å². The average molecular weight is 228 g/mol. The highest BCUT2D eigenvalue weighted by Crippen LogP contribution is 2.04. The number of ether oxygens (including phenoxy) is 1. The lowest BCUT2D eigenvalue weighted by Crippen LogP contribution is -2.31. The monoisotopic (exact) mass is 228 g/mol. The highest BCUT2D eigenvalue weighted by atomic mass is 32.1. The number of carbonyl (C=O) groups is 1. The van der Waals surface area contributed by atoms with Crippen molar-refractivity contribution < 1.29 is 9.53 Å². The van der Waals surface area contributed by atoms with Gasteiger partial charge in [-0.1, -0.05) is 0 Å². The molecule has 0 aliphatic rings. The van der Waals surface area contributed by atoms with Crippen LogP contribution in [0.3, 0.4) is 0 Å². The first-order chi connectivity index (χ1) is 7.33. The van der Waals surface area contributed by atoms with Crippen molar-refractivity contribution in [3.05, 3.63) is 22.4 Å². The summed E-state index contributed by atoms with van der Waals surface area (Å²) in [7, 11) is 0. The van der Waals surface area contributed by atoms with Crippen LogP contribution in [0.2, 0.25) is 0 Å². The first kappa shape index (κ1) is 12.0. The molecule has 0 saturated carbocycles. The Morgan fingerprint density at radius 1 is 1.53 bits per heavy atom. The van der Waals surface area contributed by atoms with E-state index in [-0.39, 0.29) is 6.09 Å². The topological polar surface area (TPSA) is 50.4 Å². The number of rotatable bonds is 6. The molecule has 15 heavy (non-hydrogen) atoms. The van der Waals surface area contributed by atoms with Crippen LogP contribution in [0.4, 0.5) is 4.79 Å². The molecule has 0 atom stereocenters. The number of thiophene rings is 1. The Hall–Kier alpha value is -1.07. The molecule has 1 heterocycles. The number of nitrogens with one attached hydrogen (secondary N) is 2. The van der Waals surface area contributed by atoms with E-state index in [1.807, 2.05) is 5.38 Å². The zero-order chi connectivity index (χ0) is 10.9. The molecule has 5 heteroatoms. The summed E-state index contributed by atoms with van der Waals surface area (Å²) in [6.45, 7) is 4.37. The molecule has 0 aromatic carbocycles. The fraction of sp³-hybridized carbons (Fsp3) is 0.500. The van der Waals surface area contributed by atoms with Gasteiger partial charge in [0.2, 0.25) is 0 Å². The molecular formula is C10H16N2O2S. The third-order valence-electron chi connectivity index (χ3n) is 1.76. The average Bonchev–Trinajstić information content (AvgIpc) is 2.70. The molecule has 0 fully saturated rings. The van der Waals surface area contributed by atoms with E-state index in [9.17, 15) is 4.79 Å². The van der Waals surface area contributed by atoms with Crippen LogP contribution in [0, 0.1) is 0 Å². The molecule has 0 bridgehead atoms. The van der Waals surface area contributed by atoms with Crippen LogP contribution < -0.4 is 10.6 Å². The molecule has 0 unspecified atom stereocenters. The number of carbonyl (C=O) groups excluding carboxylic acids is 1. The molecule has 84 valence electrons. The predicted octanol–water partition coefficient (Wildman–Crippen LogP) is 1.58. The van der Waals surface area contributed by atoms with Gasteiger partial charge in [0.05, 0.1) is 6.61 Å². The zero-order valence-electron chi connectivity index (χ0n) is 8.79. The second-order valence-electron chi connectivity index (χ2n) is 2.96. The second kappa shape index (κ2) is 7.25. The first-order valence-electron chi connectivity index (χ1n) is 4.95. The van der Waals surface area contributed by atoms with E-state index in [1.54, 1.807) is 18.3 Å². The van der Waals surface area contributed by atoms with Crippen LogP contribution in [-0.2, 0) is 11.3 Å². The zero-order valence-corrected chi connectivity index (χ0v) is 9.60. The smallest absolute Gasteiger partial charge is 0.407 e. The summed E-state index contributed by atoms with van der Waals surface area (Å²) in [5.41, 5.74) is 1.27. The summed E-state index contributed by atoms with van der Waals surface area (Å²) in [5, 5.41) is 10.0. The van der Waals surface area contributed by atoms with Crippen molar-refractivity contribution in [1.82, 2.24) is 10.6 Å². The Morgan fingerprint density at radius 2 is 2.40 bits per heavy atom. The first-order valence-corrected chi connectivity index (χ1v) is 5.89. The summed E-state index contributed by atoms with van der Waals surface area (Å²) in [5.74, 6) is 0. The maximum absolute atomic E-state index is 10.9. The van der Waals surface area contributed by atoms with Crippen LogP contribution in [0.25, 0.3) is 0 Å². The van der Waals surface area contributed by atoms with Gasteiger partial charge in [-0.2, -0.15) is 11.3 Å². The van der Waals surface area contributed by atoms with Crippen LogP contribution in [0.1, 0.15) is 12.5 Å². The molecular weight excluding hydrogens is 212 g/mol. The Morgan fingerprint density at radius 3 is 3.07 bits per heavy atom. The second-order valence-corrected chi connectivity index (χ2v) is 3.74. The Labute approximate surface area is 93.6 Å². The fourth-order valence-corrected chi connectivity index (χ4v) is 1.73. The maximum atomic E-state index is 10.9. The quantitative estimate of drug-likeness (QED) is 0.727. The van der Waals surface area contributed by atoms with E-state index in [1.165, 1.54) is 5.56 Å². The van der Waals surface area contributed by atoms with E-state index in [0.717, 1.165) is 13.1 Å². The van der Waals surface area contributed by atoms with E-state index < -0.39 is 0 Å². The summed E-state index contributed by atoms with van der Waals surface area (Å²) < 4.78 is 4.72. The highest BCUT2D eigenvalue weighted by molar-refractivity contribution is 7.07. The number of alkyl carbamates (subject to hydrolysis) is 1. The van der Waals surface area contributed by atoms with Crippen LogP contribution in [0.15, 0.2) is 16.8 Å². The molecule has 2 N–H and O–H groups in total. The lowest BCUT2D eigenvalue weighted by atomic mass is 10.3. The van der Waals surface area contributed by atoms with Crippen molar-refractivity contribution in [3.63, 3.8) is 0 Å². The standard InChI is InChI=1S/C10H16N2O2S/c1-2-14-10(13)12-5-4-11-7-9-3-6-15-8-9/h3,6,8,11H,2,4-5,7H2,1H3,(H,12,13). The van der Waals surface area contributed by atoms with Gasteiger partial charge in [-0.15, -0.1) is 0 Å². The van der Waals surface area contributed by atoms with Crippen LogP contribution in [0.5, 0.6) is 0 Å². The van der Waals surface area contributed by atoms with Gasteiger partial charge in [-0.05, 0) is 29.3 Å². The third-order valence-corrected chi connectivity index (χ3v) is 2.49. The maximum Gasteiger partial charge on any atom is 0.407 e. The van der Waals surface area contributed by atoms with Gasteiger partial charge in [0.25, 0.3) is 0 Å². The summed E-state index contributed by atoms with van der Waals surface area (Å²) in [6, 6.07) is 2.08. The van der Waals surface area contributed by atoms with Crippen LogP contribution in [-0.4, -0.2) is 25.8 Å². The number of amides is 1. The number of hydrogen-bond acceptors (Lipinski definition) is 4. The van der Waals surface area contributed by atoms with Gasteiger partial charge in [-0.3, -0.25) is 0 Å².